The predicted octanol–water partition coefficient (Wildman–Crippen LogP) is 3.54. The smallest absolute Gasteiger partial charge is 0.258 e. The van der Waals surface area contributed by atoms with Gasteiger partial charge in [-0.25, -0.2) is 0 Å². The van der Waals surface area contributed by atoms with Crippen molar-refractivity contribution in [1.82, 2.24) is 5.32 Å². The number of hydrogen-bond acceptors (Lipinski definition) is 3. The predicted molar refractivity (Wildman–Crippen MR) is 92.0 cm³/mol. The molecule has 1 aliphatic carbocycles. The Labute approximate surface area is 141 Å². The van der Waals surface area contributed by atoms with Gasteiger partial charge in [0.1, 0.15) is 5.75 Å². The minimum atomic E-state index is -0.133. The van der Waals surface area contributed by atoms with E-state index in [1.54, 1.807) is 24.3 Å². The molecule has 0 aliphatic heterocycles. The number of carbonyl (C=O) groups is 2. The van der Waals surface area contributed by atoms with Crippen LogP contribution in [-0.2, 0) is 4.79 Å². The molecule has 24 heavy (non-hydrogen) atoms. The third-order valence-electron chi connectivity index (χ3n) is 4.20. The van der Waals surface area contributed by atoms with Crippen LogP contribution >= 0.6 is 0 Å². The van der Waals surface area contributed by atoms with E-state index in [4.69, 9.17) is 4.74 Å². The molecule has 2 aromatic rings. The molecule has 3 rings (SSSR count). The van der Waals surface area contributed by atoms with Gasteiger partial charge < -0.3 is 10.1 Å². The summed E-state index contributed by atoms with van der Waals surface area (Å²) in [6, 6.07) is 16.9. The summed E-state index contributed by atoms with van der Waals surface area (Å²) < 4.78 is 5.52. The molecule has 1 atom stereocenters. The van der Waals surface area contributed by atoms with Crippen LogP contribution in [0.4, 0.5) is 0 Å². The molecule has 124 valence electrons. The number of ketones is 1. The highest BCUT2D eigenvalue weighted by molar-refractivity contribution is 5.94. The molecule has 1 saturated carbocycles. The van der Waals surface area contributed by atoms with Gasteiger partial charge in [-0.05, 0) is 55.5 Å². The van der Waals surface area contributed by atoms with Crippen LogP contribution in [0.25, 0.3) is 0 Å². The highest BCUT2D eigenvalue weighted by atomic mass is 16.5. The Bertz CT molecular complexity index is 705. The normalized spacial score (nSPS) is 14.7. The van der Waals surface area contributed by atoms with Crippen molar-refractivity contribution < 1.29 is 14.3 Å². The average molecular weight is 323 g/mol. The molecule has 0 aromatic heterocycles. The average Bonchev–Trinajstić information content (AvgIpc) is 3.44. The van der Waals surface area contributed by atoms with Gasteiger partial charge in [0.05, 0.1) is 6.04 Å². The highest BCUT2D eigenvalue weighted by Gasteiger charge is 2.33. The molecular formula is C20H21NO3. The van der Waals surface area contributed by atoms with Gasteiger partial charge in [-0.1, -0.05) is 30.3 Å². The van der Waals surface area contributed by atoms with Crippen LogP contribution in [0.5, 0.6) is 5.75 Å². The van der Waals surface area contributed by atoms with Crippen LogP contribution in [-0.4, -0.2) is 18.3 Å². The fourth-order valence-electron chi connectivity index (χ4n) is 2.71. The molecule has 0 radical (unpaired) electrons. The van der Waals surface area contributed by atoms with Gasteiger partial charge in [-0.3, -0.25) is 9.59 Å². The minimum absolute atomic E-state index is 0.00873. The molecule has 1 fully saturated rings. The van der Waals surface area contributed by atoms with E-state index >= 15 is 0 Å². The van der Waals surface area contributed by atoms with Gasteiger partial charge in [0.15, 0.2) is 12.4 Å². The Kier molecular flexibility index (Phi) is 4.94. The molecule has 0 bridgehead atoms. The Hall–Kier alpha value is -2.62. The van der Waals surface area contributed by atoms with Crippen molar-refractivity contribution in [3.63, 3.8) is 0 Å². The molecule has 0 spiro atoms. The van der Waals surface area contributed by atoms with Crippen LogP contribution < -0.4 is 10.1 Å². The van der Waals surface area contributed by atoms with Gasteiger partial charge in [-0.15, -0.1) is 0 Å². The Morgan fingerprint density at radius 1 is 1.08 bits per heavy atom. The van der Waals surface area contributed by atoms with Crippen molar-refractivity contribution in [1.29, 1.82) is 0 Å². The monoisotopic (exact) mass is 323 g/mol. The molecule has 1 N–H and O–H groups in total. The lowest BCUT2D eigenvalue weighted by Crippen LogP contribution is -2.33. The SMILES string of the molecule is CC(=O)c1ccc(OCC(=O)NC(c2ccccc2)C2CC2)cc1. The summed E-state index contributed by atoms with van der Waals surface area (Å²) in [7, 11) is 0. The summed E-state index contributed by atoms with van der Waals surface area (Å²) in [5.41, 5.74) is 1.77. The maximum absolute atomic E-state index is 12.2. The molecule has 4 nitrogen and oxygen atoms in total. The summed E-state index contributed by atoms with van der Waals surface area (Å²) in [4.78, 5) is 23.5. The fourth-order valence-corrected chi connectivity index (χ4v) is 2.71. The van der Waals surface area contributed by atoms with Crippen LogP contribution in [0.1, 0.15) is 41.7 Å². The third kappa shape index (κ3) is 4.22. The molecule has 0 saturated heterocycles. The number of benzene rings is 2. The second kappa shape index (κ2) is 7.30. The maximum Gasteiger partial charge on any atom is 0.258 e. The van der Waals surface area contributed by atoms with E-state index in [0.29, 0.717) is 17.2 Å². The molecular weight excluding hydrogens is 302 g/mol. The van der Waals surface area contributed by atoms with E-state index in [9.17, 15) is 9.59 Å². The van der Waals surface area contributed by atoms with E-state index in [1.165, 1.54) is 6.92 Å². The molecule has 1 unspecified atom stereocenters. The Morgan fingerprint density at radius 2 is 1.75 bits per heavy atom. The summed E-state index contributed by atoms with van der Waals surface area (Å²) >= 11 is 0. The summed E-state index contributed by atoms with van der Waals surface area (Å²) in [6.45, 7) is 1.49. The third-order valence-corrected chi connectivity index (χ3v) is 4.20. The fraction of sp³-hybridized carbons (Fsp3) is 0.300. The van der Waals surface area contributed by atoms with Gasteiger partial charge in [0, 0.05) is 5.56 Å². The number of Topliss-reactive ketones (excluding diaryl/α,β-unsaturated/α-hetero) is 1. The van der Waals surface area contributed by atoms with Gasteiger partial charge >= 0.3 is 0 Å². The second-order valence-corrected chi connectivity index (χ2v) is 6.16. The molecule has 4 heteroatoms. The molecule has 1 amide bonds. The quantitative estimate of drug-likeness (QED) is 0.793. The van der Waals surface area contributed by atoms with Gasteiger partial charge in [0.25, 0.3) is 5.91 Å². The number of rotatable bonds is 7. The number of nitrogens with one attached hydrogen (secondary N) is 1. The maximum atomic E-state index is 12.2. The number of ether oxygens (including phenoxy) is 1. The first-order valence-electron chi connectivity index (χ1n) is 8.21. The Morgan fingerprint density at radius 3 is 2.33 bits per heavy atom. The van der Waals surface area contributed by atoms with Crippen molar-refractivity contribution >= 4 is 11.7 Å². The summed E-state index contributed by atoms with van der Waals surface area (Å²) in [5.74, 6) is 0.977. The van der Waals surface area contributed by atoms with E-state index < -0.39 is 0 Å². The van der Waals surface area contributed by atoms with Crippen LogP contribution in [0, 0.1) is 5.92 Å². The van der Waals surface area contributed by atoms with Crippen LogP contribution in [0.15, 0.2) is 54.6 Å². The van der Waals surface area contributed by atoms with E-state index in [1.807, 2.05) is 30.3 Å². The largest absolute Gasteiger partial charge is 0.484 e. The van der Waals surface area contributed by atoms with Crippen molar-refractivity contribution in [2.24, 2.45) is 5.92 Å². The van der Waals surface area contributed by atoms with Crippen LogP contribution in [0.3, 0.4) is 0 Å². The first-order chi connectivity index (χ1) is 11.6. The van der Waals surface area contributed by atoms with E-state index in [0.717, 1.165) is 18.4 Å². The minimum Gasteiger partial charge on any atom is -0.484 e. The van der Waals surface area contributed by atoms with E-state index in [2.05, 4.69) is 5.32 Å². The Balaban J connectivity index is 1.55. The number of amides is 1. The topological polar surface area (TPSA) is 55.4 Å². The van der Waals surface area contributed by atoms with Crippen molar-refractivity contribution in [2.75, 3.05) is 6.61 Å². The van der Waals surface area contributed by atoms with Crippen molar-refractivity contribution in [3.05, 3.63) is 65.7 Å². The highest BCUT2D eigenvalue weighted by Crippen LogP contribution is 2.40. The van der Waals surface area contributed by atoms with E-state index in [-0.39, 0.29) is 24.3 Å². The van der Waals surface area contributed by atoms with Crippen LogP contribution in [0.2, 0.25) is 0 Å². The molecule has 1 aliphatic rings. The van der Waals surface area contributed by atoms with Gasteiger partial charge in [0.2, 0.25) is 0 Å². The lowest BCUT2D eigenvalue weighted by atomic mass is 10.0. The zero-order valence-electron chi connectivity index (χ0n) is 13.7. The summed E-state index contributed by atoms with van der Waals surface area (Å²) in [6.07, 6.45) is 2.29. The molecule has 0 heterocycles. The zero-order chi connectivity index (χ0) is 16.9. The van der Waals surface area contributed by atoms with Crippen molar-refractivity contribution in [2.45, 2.75) is 25.8 Å². The lowest BCUT2D eigenvalue weighted by molar-refractivity contribution is -0.124. The lowest BCUT2D eigenvalue weighted by Gasteiger charge is -2.19. The zero-order valence-corrected chi connectivity index (χ0v) is 13.7. The standard InChI is InChI=1S/C20H21NO3/c1-14(22)15-9-11-18(12-10-15)24-13-19(23)21-20(17-7-8-17)16-5-3-2-4-6-16/h2-6,9-12,17,20H,7-8,13H2,1H3,(H,21,23). The molecule has 2 aromatic carbocycles. The number of carbonyl (C=O) groups excluding carboxylic acids is 2. The first-order valence-corrected chi connectivity index (χ1v) is 8.21. The van der Waals surface area contributed by atoms with Gasteiger partial charge in [-0.2, -0.15) is 0 Å². The number of hydrogen-bond donors (Lipinski definition) is 1. The second-order valence-electron chi connectivity index (χ2n) is 6.16. The van der Waals surface area contributed by atoms with Crippen molar-refractivity contribution in [3.8, 4) is 5.75 Å². The summed E-state index contributed by atoms with van der Waals surface area (Å²) in [5, 5.41) is 3.08. The first kappa shape index (κ1) is 16.2.